The van der Waals surface area contributed by atoms with Crippen molar-refractivity contribution in [2.75, 3.05) is 13.1 Å². The minimum atomic E-state index is 0.00627. The largest absolute Gasteiger partial charge is 0.351 e. The van der Waals surface area contributed by atoms with E-state index in [0.717, 1.165) is 24.4 Å². The van der Waals surface area contributed by atoms with Crippen molar-refractivity contribution in [1.29, 1.82) is 0 Å². The van der Waals surface area contributed by atoms with E-state index >= 15 is 0 Å². The summed E-state index contributed by atoms with van der Waals surface area (Å²) in [6.07, 6.45) is 3.57. The van der Waals surface area contributed by atoms with Gasteiger partial charge < -0.3 is 10.6 Å². The van der Waals surface area contributed by atoms with E-state index in [9.17, 15) is 4.79 Å². The zero-order valence-electron chi connectivity index (χ0n) is 13.9. The van der Waals surface area contributed by atoms with E-state index in [4.69, 9.17) is 0 Å². The second-order valence-electron chi connectivity index (χ2n) is 5.93. The summed E-state index contributed by atoms with van der Waals surface area (Å²) >= 11 is 0. The van der Waals surface area contributed by atoms with Crippen molar-refractivity contribution in [3.8, 4) is 0 Å². The maximum atomic E-state index is 12.0. The highest BCUT2D eigenvalue weighted by atomic mass is 16.1. The van der Waals surface area contributed by atoms with Gasteiger partial charge in [0.05, 0.1) is 0 Å². The van der Waals surface area contributed by atoms with E-state index in [1.165, 1.54) is 18.4 Å². The zero-order chi connectivity index (χ0) is 15.7. The smallest absolute Gasteiger partial charge is 0.251 e. The molecule has 0 saturated heterocycles. The average molecular weight is 290 g/mol. The van der Waals surface area contributed by atoms with Crippen molar-refractivity contribution >= 4 is 5.91 Å². The Bertz CT molecular complexity index is 414. The number of nitrogens with one attached hydrogen (secondary N) is 2. The Kier molecular flexibility index (Phi) is 8.06. The van der Waals surface area contributed by atoms with Crippen LogP contribution in [0.15, 0.2) is 24.3 Å². The van der Waals surface area contributed by atoms with E-state index < -0.39 is 0 Å². The Labute approximate surface area is 129 Å². The van der Waals surface area contributed by atoms with Gasteiger partial charge in [0.25, 0.3) is 5.91 Å². The molecule has 0 fully saturated rings. The molecule has 0 aliphatic carbocycles. The van der Waals surface area contributed by atoms with Gasteiger partial charge in [0.15, 0.2) is 0 Å². The number of hydrogen-bond donors (Lipinski definition) is 2. The van der Waals surface area contributed by atoms with Gasteiger partial charge in [-0.15, -0.1) is 0 Å². The van der Waals surface area contributed by atoms with Crippen LogP contribution in [0, 0.1) is 12.8 Å². The highest BCUT2D eigenvalue weighted by Gasteiger charge is 2.10. The summed E-state index contributed by atoms with van der Waals surface area (Å²) in [5.74, 6) is 0.761. The standard InChI is InChI=1S/C18H30N2O/c1-5-14(3)13-17(6-2)19-11-12-20-18(21)16-9-7-15(4)8-10-16/h7-10,14,17,19H,5-6,11-13H2,1-4H3,(H,20,21). The van der Waals surface area contributed by atoms with Crippen LogP contribution in [-0.4, -0.2) is 25.0 Å². The molecular weight excluding hydrogens is 260 g/mol. The second-order valence-corrected chi connectivity index (χ2v) is 5.93. The maximum Gasteiger partial charge on any atom is 0.251 e. The zero-order valence-corrected chi connectivity index (χ0v) is 13.9. The monoisotopic (exact) mass is 290 g/mol. The van der Waals surface area contributed by atoms with Gasteiger partial charge >= 0.3 is 0 Å². The molecule has 0 heterocycles. The van der Waals surface area contributed by atoms with Crippen LogP contribution in [0.1, 0.15) is 56.0 Å². The predicted octanol–water partition coefficient (Wildman–Crippen LogP) is 3.53. The van der Waals surface area contributed by atoms with Crippen LogP contribution in [0.2, 0.25) is 0 Å². The summed E-state index contributed by atoms with van der Waals surface area (Å²) in [6, 6.07) is 8.22. The molecule has 1 rings (SSSR count). The molecule has 0 aromatic heterocycles. The van der Waals surface area contributed by atoms with Crippen molar-refractivity contribution in [2.45, 2.75) is 53.0 Å². The molecule has 0 bridgehead atoms. The van der Waals surface area contributed by atoms with Crippen LogP contribution in [0.3, 0.4) is 0 Å². The quantitative estimate of drug-likeness (QED) is 0.683. The maximum absolute atomic E-state index is 12.0. The molecule has 21 heavy (non-hydrogen) atoms. The van der Waals surface area contributed by atoms with E-state index in [0.29, 0.717) is 12.6 Å². The SMILES string of the molecule is CCC(C)CC(CC)NCCNC(=O)c1ccc(C)cc1. The first-order valence-electron chi connectivity index (χ1n) is 8.15. The first kappa shape index (κ1) is 17.7. The van der Waals surface area contributed by atoms with Gasteiger partial charge in [-0.3, -0.25) is 4.79 Å². The lowest BCUT2D eigenvalue weighted by atomic mass is 9.98. The Morgan fingerprint density at radius 2 is 1.76 bits per heavy atom. The molecule has 0 aliphatic heterocycles. The van der Waals surface area contributed by atoms with Crippen LogP contribution in [0.25, 0.3) is 0 Å². The van der Waals surface area contributed by atoms with Crippen LogP contribution in [0.4, 0.5) is 0 Å². The fraction of sp³-hybridized carbons (Fsp3) is 0.611. The molecular formula is C18H30N2O. The highest BCUT2D eigenvalue weighted by Crippen LogP contribution is 2.11. The number of hydrogen-bond acceptors (Lipinski definition) is 2. The third-order valence-electron chi connectivity index (χ3n) is 4.03. The first-order valence-corrected chi connectivity index (χ1v) is 8.15. The highest BCUT2D eigenvalue weighted by molar-refractivity contribution is 5.94. The lowest BCUT2D eigenvalue weighted by molar-refractivity contribution is 0.0953. The van der Waals surface area contributed by atoms with Crippen molar-refractivity contribution < 1.29 is 4.79 Å². The minimum absolute atomic E-state index is 0.00627. The normalized spacial score (nSPS) is 13.7. The van der Waals surface area contributed by atoms with Crippen LogP contribution >= 0.6 is 0 Å². The summed E-state index contributed by atoms with van der Waals surface area (Å²) in [4.78, 5) is 12.0. The number of carbonyl (C=O) groups is 1. The first-order chi connectivity index (χ1) is 10.1. The van der Waals surface area contributed by atoms with Crippen LogP contribution in [0.5, 0.6) is 0 Å². The number of rotatable bonds is 9. The third kappa shape index (κ3) is 6.76. The lowest BCUT2D eigenvalue weighted by Gasteiger charge is -2.20. The van der Waals surface area contributed by atoms with Gasteiger partial charge in [-0.25, -0.2) is 0 Å². The summed E-state index contributed by atoms with van der Waals surface area (Å²) in [7, 11) is 0. The average Bonchev–Trinajstić information content (AvgIpc) is 2.50. The summed E-state index contributed by atoms with van der Waals surface area (Å²) in [6.45, 7) is 10.3. The molecule has 118 valence electrons. The fourth-order valence-electron chi connectivity index (χ4n) is 2.31. The molecule has 1 amide bonds. The molecule has 2 N–H and O–H groups in total. The molecule has 0 spiro atoms. The van der Waals surface area contributed by atoms with Gasteiger partial charge in [-0.05, 0) is 37.8 Å². The molecule has 1 aromatic carbocycles. The van der Waals surface area contributed by atoms with Gasteiger partial charge in [0.2, 0.25) is 0 Å². The van der Waals surface area contributed by atoms with Crippen LogP contribution < -0.4 is 10.6 Å². The van der Waals surface area contributed by atoms with E-state index in [1.807, 2.05) is 31.2 Å². The summed E-state index contributed by atoms with van der Waals surface area (Å²) < 4.78 is 0. The van der Waals surface area contributed by atoms with E-state index in [2.05, 4.69) is 31.4 Å². The number of carbonyl (C=O) groups excluding carboxylic acids is 1. The van der Waals surface area contributed by atoms with Crippen molar-refractivity contribution in [1.82, 2.24) is 10.6 Å². The second kappa shape index (κ2) is 9.56. The molecule has 3 nitrogen and oxygen atoms in total. The van der Waals surface area contributed by atoms with Crippen molar-refractivity contribution in [3.05, 3.63) is 35.4 Å². The summed E-state index contributed by atoms with van der Waals surface area (Å²) in [5, 5.41) is 6.50. The van der Waals surface area contributed by atoms with Gasteiger partial charge in [-0.1, -0.05) is 44.9 Å². The molecule has 1 aromatic rings. The molecule has 2 unspecified atom stereocenters. The Balaban J connectivity index is 2.26. The Hall–Kier alpha value is -1.35. The third-order valence-corrected chi connectivity index (χ3v) is 4.03. The Morgan fingerprint density at radius 1 is 1.10 bits per heavy atom. The molecule has 0 saturated carbocycles. The van der Waals surface area contributed by atoms with Crippen LogP contribution in [-0.2, 0) is 0 Å². The fourth-order valence-corrected chi connectivity index (χ4v) is 2.31. The molecule has 3 heteroatoms. The molecule has 2 atom stereocenters. The van der Waals surface area contributed by atoms with E-state index in [-0.39, 0.29) is 5.91 Å². The topological polar surface area (TPSA) is 41.1 Å². The molecule has 0 radical (unpaired) electrons. The predicted molar refractivity (Wildman–Crippen MR) is 89.7 cm³/mol. The van der Waals surface area contributed by atoms with E-state index in [1.54, 1.807) is 0 Å². The van der Waals surface area contributed by atoms with Gasteiger partial charge in [0, 0.05) is 24.7 Å². The number of aryl methyl sites for hydroxylation is 1. The number of benzene rings is 1. The number of amides is 1. The van der Waals surface area contributed by atoms with Gasteiger partial charge in [-0.2, -0.15) is 0 Å². The summed E-state index contributed by atoms with van der Waals surface area (Å²) in [5.41, 5.74) is 1.90. The Morgan fingerprint density at radius 3 is 2.33 bits per heavy atom. The van der Waals surface area contributed by atoms with Crippen molar-refractivity contribution in [3.63, 3.8) is 0 Å². The minimum Gasteiger partial charge on any atom is -0.351 e. The van der Waals surface area contributed by atoms with Gasteiger partial charge in [0.1, 0.15) is 0 Å². The van der Waals surface area contributed by atoms with Crippen molar-refractivity contribution in [2.24, 2.45) is 5.92 Å². The lowest BCUT2D eigenvalue weighted by Crippen LogP contribution is -2.37. The molecule has 0 aliphatic rings.